The number of nitrogen functional groups attached to an aromatic ring is 1. The normalized spacial score (nSPS) is 26.8. The van der Waals surface area contributed by atoms with Crippen LogP contribution < -0.4 is 11.3 Å². The van der Waals surface area contributed by atoms with E-state index in [1.807, 2.05) is 6.20 Å². The molecule has 3 atom stereocenters. The van der Waals surface area contributed by atoms with Gasteiger partial charge in [-0.25, -0.2) is 4.98 Å². The lowest BCUT2D eigenvalue weighted by Gasteiger charge is -2.24. The van der Waals surface area contributed by atoms with Crippen molar-refractivity contribution in [3.63, 3.8) is 0 Å². The molecule has 1 aliphatic carbocycles. The first-order valence-corrected chi connectivity index (χ1v) is 9.59. The molecule has 11 heteroatoms. The second-order valence-corrected chi connectivity index (χ2v) is 7.32. The molecule has 3 heterocycles. The van der Waals surface area contributed by atoms with Crippen LogP contribution >= 0.6 is 8.69 Å². The van der Waals surface area contributed by atoms with Crippen LogP contribution in [-0.2, 0) is 18.6 Å². The van der Waals surface area contributed by atoms with Crippen LogP contribution in [-0.4, -0.2) is 45.6 Å². The van der Waals surface area contributed by atoms with E-state index in [4.69, 9.17) is 19.7 Å². The molecule has 2 fully saturated rings. The van der Waals surface area contributed by atoms with Crippen LogP contribution in [0.2, 0.25) is 0 Å². The van der Waals surface area contributed by atoms with Crippen LogP contribution in [0.1, 0.15) is 25.7 Å². The summed E-state index contributed by atoms with van der Waals surface area (Å²) in [4.78, 5) is 22.6. The van der Waals surface area contributed by atoms with Crippen LogP contribution in [0, 0.1) is 5.41 Å². The summed E-state index contributed by atoms with van der Waals surface area (Å²) in [5.74, 6) is 0.0309. The van der Waals surface area contributed by atoms with Gasteiger partial charge in [-0.1, -0.05) is 0 Å². The average molecular weight is 394 g/mol. The third-order valence-electron chi connectivity index (χ3n) is 4.92. The number of nitrogens with two attached hydrogens (primary N) is 1. The Morgan fingerprint density at radius 1 is 1.48 bits per heavy atom. The van der Waals surface area contributed by atoms with Gasteiger partial charge in [0, 0.05) is 18.2 Å². The number of nitrogens with zero attached hydrogens (tertiary/aromatic N) is 3. The molecule has 27 heavy (non-hydrogen) atoms. The maximum Gasteiger partial charge on any atom is 0.494 e. The van der Waals surface area contributed by atoms with Gasteiger partial charge in [0.05, 0.1) is 6.61 Å². The Bertz CT molecular complexity index is 935. The van der Waals surface area contributed by atoms with Crippen molar-refractivity contribution in [2.24, 2.45) is 5.41 Å². The molecule has 4 rings (SSSR count). The number of aromatic nitrogens is 4. The SMILES string of the molecule is Nc1nc2c(ncn2/C=C2/CC2(CO[PH+]=O)COC2CCCCO2)c(=O)[nH]1. The van der Waals surface area contributed by atoms with E-state index in [0.717, 1.165) is 31.3 Å². The molecule has 0 bridgehead atoms. The minimum atomic E-state index is -0.831. The van der Waals surface area contributed by atoms with E-state index in [1.54, 1.807) is 4.57 Å². The largest absolute Gasteiger partial charge is 0.494 e. The zero-order chi connectivity index (χ0) is 18.9. The molecule has 3 unspecified atom stereocenters. The molecule has 1 aliphatic heterocycles. The maximum absolute atomic E-state index is 11.9. The number of nitrogens with one attached hydrogen (secondary N) is 1. The summed E-state index contributed by atoms with van der Waals surface area (Å²) in [6.07, 6.45) is 6.90. The van der Waals surface area contributed by atoms with Crippen molar-refractivity contribution in [2.75, 3.05) is 25.6 Å². The maximum atomic E-state index is 11.9. The van der Waals surface area contributed by atoms with Gasteiger partial charge in [0.15, 0.2) is 17.5 Å². The fourth-order valence-electron chi connectivity index (χ4n) is 3.30. The summed E-state index contributed by atoms with van der Waals surface area (Å²) in [6, 6.07) is 0. The fourth-order valence-corrected chi connectivity index (χ4v) is 3.64. The van der Waals surface area contributed by atoms with Gasteiger partial charge in [0.2, 0.25) is 5.95 Å². The van der Waals surface area contributed by atoms with Crippen molar-refractivity contribution in [3.8, 4) is 0 Å². The van der Waals surface area contributed by atoms with Crippen LogP contribution in [0.25, 0.3) is 17.4 Å². The Kier molecular flexibility index (Phi) is 5.05. The van der Waals surface area contributed by atoms with E-state index >= 15 is 0 Å². The van der Waals surface area contributed by atoms with Crippen molar-refractivity contribution in [3.05, 3.63) is 22.3 Å². The zero-order valence-corrected chi connectivity index (χ0v) is 15.6. The smallest absolute Gasteiger partial charge is 0.369 e. The molecule has 0 spiro atoms. The minimum Gasteiger partial charge on any atom is -0.369 e. The van der Waals surface area contributed by atoms with Gasteiger partial charge in [-0.05, 0) is 35.8 Å². The average Bonchev–Trinajstić information content (AvgIpc) is 3.19. The number of aromatic amines is 1. The summed E-state index contributed by atoms with van der Waals surface area (Å²) in [5, 5.41) is 0. The molecule has 144 valence electrons. The number of fused-ring (bicyclic) bond motifs is 1. The van der Waals surface area contributed by atoms with Crippen LogP contribution in [0.3, 0.4) is 0 Å². The van der Waals surface area contributed by atoms with Crippen molar-refractivity contribution in [2.45, 2.75) is 32.0 Å². The summed E-state index contributed by atoms with van der Waals surface area (Å²) in [6.45, 7) is 1.41. The van der Waals surface area contributed by atoms with Gasteiger partial charge in [0.1, 0.15) is 12.9 Å². The van der Waals surface area contributed by atoms with Crippen molar-refractivity contribution >= 4 is 32.0 Å². The lowest BCUT2D eigenvalue weighted by Crippen LogP contribution is -2.27. The molecule has 0 radical (unpaired) electrons. The highest BCUT2D eigenvalue weighted by atomic mass is 31.1. The number of ether oxygens (including phenoxy) is 2. The predicted molar refractivity (Wildman–Crippen MR) is 98.4 cm³/mol. The van der Waals surface area contributed by atoms with Crippen molar-refractivity contribution in [1.29, 1.82) is 0 Å². The van der Waals surface area contributed by atoms with Gasteiger partial charge >= 0.3 is 8.69 Å². The first-order valence-electron chi connectivity index (χ1n) is 8.77. The highest BCUT2D eigenvalue weighted by molar-refractivity contribution is 7.17. The number of hydrogen-bond acceptors (Lipinski definition) is 8. The molecule has 3 N–H and O–H groups in total. The van der Waals surface area contributed by atoms with Crippen LogP contribution in [0.5, 0.6) is 0 Å². The van der Waals surface area contributed by atoms with Gasteiger partial charge in [-0.3, -0.25) is 14.3 Å². The highest BCUT2D eigenvalue weighted by Gasteiger charge is 2.51. The van der Waals surface area contributed by atoms with Crippen molar-refractivity contribution < 1.29 is 18.6 Å². The molecular weight excluding hydrogens is 373 g/mol. The number of H-pyrrole nitrogens is 1. The highest BCUT2D eigenvalue weighted by Crippen LogP contribution is 2.53. The Morgan fingerprint density at radius 2 is 2.37 bits per heavy atom. The van der Waals surface area contributed by atoms with Crippen LogP contribution in [0.15, 0.2) is 16.7 Å². The lowest BCUT2D eigenvalue weighted by atomic mass is 10.1. The molecule has 2 aliphatic rings. The van der Waals surface area contributed by atoms with E-state index in [0.29, 0.717) is 18.9 Å². The topological polar surface area (TPSA) is 134 Å². The molecular formula is C16H21N5O5P+. The number of hydrogen-bond donors (Lipinski definition) is 2. The number of rotatable bonds is 7. The molecule has 1 saturated heterocycles. The summed E-state index contributed by atoms with van der Waals surface area (Å²) in [5.41, 5.74) is 6.53. The Hall–Kier alpha value is -2.13. The van der Waals surface area contributed by atoms with Gasteiger partial charge in [-0.2, -0.15) is 4.98 Å². The third kappa shape index (κ3) is 3.79. The summed E-state index contributed by atoms with van der Waals surface area (Å²) >= 11 is 0. The van der Waals surface area contributed by atoms with Gasteiger partial charge in [0.25, 0.3) is 5.56 Å². The Morgan fingerprint density at radius 3 is 3.15 bits per heavy atom. The predicted octanol–water partition coefficient (Wildman–Crippen LogP) is 1.43. The first-order chi connectivity index (χ1) is 13.1. The Balaban J connectivity index is 1.55. The molecule has 1 saturated carbocycles. The van der Waals surface area contributed by atoms with E-state index in [2.05, 4.69) is 15.0 Å². The molecule has 2 aromatic rings. The lowest BCUT2D eigenvalue weighted by molar-refractivity contribution is -0.171. The van der Waals surface area contributed by atoms with Gasteiger partial charge < -0.3 is 15.2 Å². The minimum absolute atomic E-state index is 0.0309. The second-order valence-electron chi connectivity index (χ2n) is 6.87. The molecule has 10 nitrogen and oxygen atoms in total. The molecule has 0 amide bonds. The molecule has 0 aromatic carbocycles. The number of anilines is 1. The van der Waals surface area contributed by atoms with E-state index in [-0.39, 0.29) is 35.3 Å². The fraction of sp³-hybridized carbons (Fsp3) is 0.562. The molecule has 2 aromatic heterocycles. The zero-order valence-electron chi connectivity index (χ0n) is 14.6. The van der Waals surface area contributed by atoms with Crippen molar-refractivity contribution in [1.82, 2.24) is 19.5 Å². The Labute approximate surface area is 156 Å². The quantitative estimate of drug-likeness (QED) is 0.674. The monoisotopic (exact) mass is 394 g/mol. The summed E-state index contributed by atoms with van der Waals surface area (Å²) in [7, 11) is -0.831. The standard InChI is InChI=1S/C16H20N5O5P/c17-15-19-13-12(14(22)20-15)18-9-21(13)6-10-5-16(10,8-26-27-23)7-25-11-3-1-2-4-24-11/h6,9,11,27H,1-5,7-8H2,(H2-,17,19,20,22)/p+1/b10-6-. The third-order valence-corrected chi connectivity index (χ3v) is 5.18. The van der Waals surface area contributed by atoms with E-state index in [1.165, 1.54) is 6.33 Å². The second kappa shape index (κ2) is 7.47. The van der Waals surface area contributed by atoms with E-state index in [9.17, 15) is 9.36 Å². The summed E-state index contributed by atoms with van der Waals surface area (Å²) < 4.78 is 29.2. The van der Waals surface area contributed by atoms with E-state index < -0.39 is 8.69 Å². The number of imidazole rings is 1. The first kappa shape index (κ1) is 18.2. The van der Waals surface area contributed by atoms with Gasteiger partial charge in [-0.15, -0.1) is 4.52 Å². The van der Waals surface area contributed by atoms with Crippen LogP contribution in [0.4, 0.5) is 5.95 Å².